The van der Waals surface area contributed by atoms with Gasteiger partial charge in [-0.15, -0.1) is 0 Å². The first-order valence-corrected chi connectivity index (χ1v) is 12.9. The largest absolute Gasteiger partial charge is 0.448 e. The smallest absolute Gasteiger partial charge is 0.270 e. The van der Waals surface area contributed by atoms with Gasteiger partial charge in [0, 0.05) is 31.1 Å². The number of hydrogen-bond donors (Lipinski definition) is 0. The number of fused-ring (bicyclic) bond motifs is 1. The number of rotatable bonds is 5. The van der Waals surface area contributed by atoms with Gasteiger partial charge >= 0.3 is 0 Å². The van der Waals surface area contributed by atoms with Gasteiger partial charge in [-0.2, -0.15) is 4.31 Å². The number of benzene rings is 2. The molecule has 35 heavy (non-hydrogen) atoms. The maximum absolute atomic E-state index is 13.6. The van der Waals surface area contributed by atoms with Crippen LogP contribution >= 0.6 is 0 Å². The Morgan fingerprint density at radius 2 is 1.86 bits per heavy atom. The maximum Gasteiger partial charge on any atom is 0.270 e. The normalized spacial score (nSPS) is 17.2. The Hall–Kier alpha value is -3.43. The molecular weight excluding hydrogens is 469 g/mol. The second-order valence-electron chi connectivity index (χ2n) is 8.96. The van der Waals surface area contributed by atoms with Gasteiger partial charge in [0.05, 0.1) is 17.7 Å². The van der Waals surface area contributed by atoms with Crippen LogP contribution in [0.4, 0.5) is 4.39 Å². The van der Waals surface area contributed by atoms with Crippen molar-refractivity contribution in [1.82, 2.24) is 13.8 Å². The number of hydrogen-bond acceptors (Lipinski definition) is 4. The van der Waals surface area contributed by atoms with Crippen molar-refractivity contribution >= 4 is 27.0 Å². The molecule has 2 aromatic carbocycles. The Balaban J connectivity index is 1.39. The highest BCUT2D eigenvalue weighted by Gasteiger charge is 2.36. The van der Waals surface area contributed by atoms with Crippen LogP contribution in [0, 0.1) is 12.7 Å². The lowest BCUT2D eigenvalue weighted by molar-refractivity contribution is 0.0632. The molecule has 182 valence electrons. The van der Waals surface area contributed by atoms with E-state index in [1.54, 1.807) is 18.1 Å². The van der Waals surface area contributed by atoms with Gasteiger partial charge in [-0.1, -0.05) is 29.8 Å². The molecule has 1 amide bonds. The van der Waals surface area contributed by atoms with E-state index in [-0.39, 0.29) is 30.4 Å². The third-order valence-corrected chi connectivity index (χ3v) is 8.45. The Labute approximate surface area is 203 Å². The molecule has 1 atom stereocenters. The SMILES string of the molecule is Cc1cccc(Cn2c(C(=O)N3CCN(S(=O)(=O)c4ccc(F)cc4)C(C)C3)cc3ccoc32)c1. The predicted molar refractivity (Wildman–Crippen MR) is 130 cm³/mol. The number of piperazine rings is 1. The summed E-state index contributed by atoms with van der Waals surface area (Å²) in [7, 11) is -3.80. The first kappa shape index (κ1) is 23.3. The lowest BCUT2D eigenvalue weighted by atomic mass is 10.1. The Bertz CT molecular complexity index is 1490. The zero-order chi connectivity index (χ0) is 24.7. The van der Waals surface area contributed by atoms with E-state index in [0.717, 1.165) is 28.6 Å². The second kappa shape index (κ2) is 8.98. The van der Waals surface area contributed by atoms with Gasteiger partial charge in [-0.25, -0.2) is 12.8 Å². The van der Waals surface area contributed by atoms with Crippen molar-refractivity contribution in [2.24, 2.45) is 0 Å². The average Bonchev–Trinajstić information content (AvgIpc) is 3.41. The number of halogens is 1. The molecule has 7 nitrogen and oxygen atoms in total. The Morgan fingerprint density at radius 3 is 2.57 bits per heavy atom. The quantitative estimate of drug-likeness (QED) is 0.415. The maximum atomic E-state index is 13.6. The first-order valence-electron chi connectivity index (χ1n) is 11.4. The van der Waals surface area contributed by atoms with Crippen molar-refractivity contribution in [3.63, 3.8) is 0 Å². The number of carbonyl (C=O) groups is 1. The molecule has 3 heterocycles. The molecule has 5 rings (SSSR count). The van der Waals surface area contributed by atoms with Crippen molar-refractivity contribution in [2.75, 3.05) is 19.6 Å². The summed E-state index contributed by atoms with van der Waals surface area (Å²) in [4.78, 5) is 15.3. The van der Waals surface area contributed by atoms with Crippen molar-refractivity contribution in [1.29, 1.82) is 0 Å². The van der Waals surface area contributed by atoms with Gasteiger partial charge < -0.3 is 13.9 Å². The van der Waals surface area contributed by atoms with Crippen LogP contribution in [-0.2, 0) is 16.6 Å². The zero-order valence-corrected chi connectivity index (χ0v) is 20.3. The highest BCUT2D eigenvalue weighted by molar-refractivity contribution is 7.89. The minimum Gasteiger partial charge on any atom is -0.448 e. The fourth-order valence-electron chi connectivity index (χ4n) is 4.69. The van der Waals surface area contributed by atoms with E-state index >= 15 is 0 Å². The summed E-state index contributed by atoms with van der Waals surface area (Å²) < 4.78 is 48.4. The van der Waals surface area contributed by atoms with E-state index in [2.05, 4.69) is 6.07 Å². The fraction of sp³-hybridized carbons (Fsp3) is 0.269. The lowest BCUT2D eigenvalue weighted by Crippen LogP contribution is -2.55. The van der Waals surface area contributed by atoms with Crippen LogP contribution in [0.3, 0.4) is 0 Å². The summed E-state index contributed by atoms with van der Waals surface area (Å²) in [6, 6.07) is 16.1. The van der Waals surface area contributed by atoms with Gasteiger partial charge in [-0.05, 0) is 55.8 Å². The molecule has 0 spiro atoms. The second-order valence-corrected chi connectivity index (χ2v) is 10.8. The number of amides is 1. The topological polar surface area (TPSA) is 75.8 Å². The highest BCUT2D eigenvalue weighted by Crippen LogP contribution is 2.26. The standard InChI is InChI=1S/C26H26FN3O4S/c1-18-4-3-5-20(14-18)17-29-24(15-21-10-13-34-26(21)29)25(31)28-11-12-30(19(2)16-28)35(32,33)23-8-6-22(27)7-9-23/h3-10,13-15,19H,11-12,16-17H2,1-2H3. The molecule has 0 N–H and O–H groups in total. The molecule has 4 aromatic rings. The number of nitrogens with zero attached hydrogens (tertiary/aromatic N) is 3. The van der Waals surface area contributed by atoms with Gasteiger partial charge in [0.25, 0.3) is 5.91 Å². The molecule has 1 aliphatic rings. The first-order chi connectivity index (χ1) is 16.7. The summed E-state index contributed by atoms with van der Waals surface area (Å²) >= 11 is 0. The van der Waals surface area contributed by atoms with Crippen molar-refractivity contribution in [3.8, 4) is 0 Å². The number of furan rings is 1. The monoisotopic (exact) mass is 495 g/mol. The number of carbonyl (C=O) groups excluding carboxylic acids is 1. The molecule has 1 unspecified atom stereocenters. The summed E-state index contributed by atoms with van der Waals surface area (Å²) in [6.07, 6.45) is 1.60. The summed E-state index contributed by atoms with van der Waals surface area (Å²) in [5, 5.41) is 0.839. The summed E-state index contributed by atoms with van der Waals surface area (Å²) in [5.74, 6) is -0.665. The minimum absolute atomic E-state index is 0.0397. The summed E-state index contributed by atoms with van der Waals surface area (Å²) in [5.41, 5.74) is 3.31. The van der Waals surface area contributed by atoms with Crippen molar-refractivity contribution in [3.05, 3.63) is 89.6 Å². The van der Waals surface area contributed by atoms with Crippen molar-refractivity contribution < 1.29 is 22.0 Å². The van der Waals surface area contributed by atoms with E-state index in [0.29, 0.717) is 18.0 Å². The number of aryl methyl sites for hydroxylation is 1. The lowest BCUT2D eigenvalue weighted by Gasteiger charge is -2.39. The van der Waals surface area contributed by atoms with Gasteiger partial charge in [0.15, 0.2) is 0 Å². The minimum atomic E-state index is -3.80. The molecular formula is C26H26FN3O4S. The van der Waals surface area contributed by atoms with E-state index < -0.39 is 21.9 Å². The van der Waals surface area contributed by atoms with E-state index in [4.69, 9.17) is 4.42 Å². The summed E-state index contributed by atoms with van der Waals surface area (Å²) in [6.45, 7) is 4.93. The zero-order valence-electron chi connectivity index (χ0n) is 19.5. The molecule has 0 aliphatic carbocycles. The molecule has 0 saturated carbocycles. The molecule has 1 saturated heterocycles. The number of sulfonamides is 1. The third-order valence-electron chi connectivity index (χ3n) is 6.42. The van der Waals surface area contributed by atoms with Crippen LogP contribution in [0.5, 0.6) is 0 Å². The van der Waals surface area contributed by atoms with E-state index in [9.17, 15) is 17.6 Å². The Morgan fingerprint density at radius 1 is 1.09 bits per heavy atom. The van der Waals surface area contributed by atoms with E-state index in [1.165, 1.54) is 16.4 Å². The Kier molecular flexibility index (Phi) is 5.98. The number of aromatic nitrogens is 1. The van der Waals surface area contributed by atoms with Crippen molar-refractivity contribution in [2.45, 2.75) is 31.3 Å². The van der Waals surface area contributed by atoms with Crippen LogP contribution in [0.25, 0.3) is 11.1 Å². The van der Waals surface area contributed by atoms with Crippen LogP contribution in [-0.4, -0.2) is 53.8 Å². The van der Waals surface area contributed by atoms with E-state index in [1.807, 2.05) is 41.8 Å². The molecule has 0 bridgehead atoms. The van der Waals surface area contributed by atoms with Crippen LogP contribution in [0.2, 0.25) is 0 Å². The highest BCUT2D eigenvalue weighted by atomic mass is 32.2. The van der Waals surface area contributed by atoms with Gasteiger partial charge in [0.1, 0.15) is 11.5 Å². The molecule has 0 radical (unpaired) electrons. The predicted octanol–water partition coefficient (Wildman–Crippen LogP) is 4.27. The third kappa shape index (κ3) is 4.37. The van der Waals surface area contributed by atoms with Gasteiger partial charge in [-0.3, -0.25) is 4.79 Å². The van der Waals surface area contributed by atoms with Crippen LogP contribution in [0.15, 0.2) is 76.2 Å². The molecule has 9 heteroatoms. The molecule has 2 aromatic heterocycles. The van der Waals surface area contributed by atoms with Gasteiger partial charge in [0.2, 0.25) is 15.7 Å². The van der Waals surface area contributed by atoms with Crippen LogP contribution < -0.4 is 0 Å². The van der Waals surface area contributed by atoms with Crippen LogP contribution in [0.1, 0.15) is 28.5 Å². The molecule has 1 aliphatic heterocycles. The fourth-order valence-corrected chi connectivity index (χ4v) is 6.30. The average molecular weight is 496 g/mol. The molecule has 1 fully saturated rings.